The van der Waals surface area contributed by atoms with Gasteiger partial charge in [0, 0.05) is 18.2 Å². The second kappa shape index (κ2) is 6.82. The van der Waals surface area contributed by atoms with E-state index in [4.69, 9.17) is 9.40 Å². The van der Waals surface area contributed by atoms with Gasteiger partial charge >= 0.3 is 0 Å². The minimum Gasteiger partial charge on any atom is -0.429 e. The fourth-order valence-corrected chi connectivity index (χ4v) is 5.80. The van der Waals surface area contributed by atoms with Gasteiger partial charge in [0.05, 0.1) is 34.1 Å². The number of thiazole rings is 1. The summed E-state index contributed by atoms with van der Waals surface area (Å²) in [5.41, 5.74) is 3.42. The Kier molecular flexibility index (Phi) is 3.87. The number of aromatic amines is 1. The van der Waals surface area contributed by atoms with Crippen LogP contribution in [0.25, 0.3) is 21.8 Å². The summed E-state index contributed by atoms with van der Waals surface area (Å²) >= 11 is 1.60. The number of pyridine rings is 1. The van der Waals surface area contributed by atoms with E-state index in [-0.39, 0.29) is 23.1 Å². The molecule has 5 aromatic rings. The number of benzene rings is 1. The third kappa shape index (κ3) is 2.85. The van der Waals surface area contributed by atoms with E-state index in [0.29, 0.717) is 18.1 Å². The number of carbonyl (C=O) groups is 1. The Bertz CT molecular complexity index is 1470. The van der Waals surface area contributed by atoms with Gasteiger partial charge in [0.1, 0.15) is 16.7 Å². The molecule has 5 heterocycles. The first-order valence-electron chi connectivity index (χ1n) is 10.8. The number of nitrogens with zero attached hydrogens (tertiary/aromatic N) is 5. The number of hydrogen-bond acceptors (Lipinski definition) is 7. The number of para-hydroxylation sites is 1. The monoisotopic (exact) mass is 454 g/mol. The second-order valence-corrected chi connectivity index (χ2v) is 9.61. The summed E-state index contributed by atoms with van der Waals surface area (Å²) in [7, 11) is 0. The van der Waals surface area contributed by atoms with E-state index in [1.165, 1.54) is 6.20 Å². The number of aromatic nitrogens is 5. The molecule has 162 valence electrons. The summed E-state index contributed by atoms with van der Waals surface area (Å²) in [6.07, 6.45) is 6.91. The fourth-order valence-electron chi connectivity index (χ4n) is 4.70. The molecule has 0 unspecified atom stereocenters. The van der Waals surface area contributed by atoms with Crippen molar-refractivity contribution in [2.75, 3.05) is 6.54 Å². The van der Waals surface area contributed by atoms with Gasteiger partial charge in [-0.3, -0.25) is 9.78 Å². The van der Waals surface area contributed by atoms with E-state index in [9.17, 15) is 4.79 Å². The zero-order valence-corrected chi connectivity index (χ0v) is 18.2. The standard InChI is InChI=1S/C24H18N6O2S/c31-23(16-11-26-21(32-16)15-6-3-4-10-25-15)30-12-24(8-9-24)20-18(27-13-28-20)19(30)22-29-14-5-1-2-7-17(14)33-22/h1-7,10-11,13,19H,8-9,12H2,(H,27,28)/t19-/m0/s1. The molecule has 1 aliphatic heterocycles. The Hall–Kier alpha value is -3.85. The number of hydrogen-bond donors (Lipinski definition) is 1. The maximum absolute atomic E-state index is 13.8. The van der Waals surface area contributed by atoms with Crippen molar-refractivity contribution in [3.05, 3.63) is 83.3 Å². The number of carbonyl (C=O) groups excluding carboxylic acids is 1. The van der Waals surface area contributed by atoms with Gasteiger partial charge in [0.2, 0.25) is 11.7 Å². The zero-order chi connectivity index (χ0) is 22.0. The van der Waals surface area contributed by atoms with Gasteiger partial charge in [-0.05, 0) is 37.1 Å². The van der Waals surface area contributed by atoms with E-state index in [1.54, 1.807) is 29.9 Å². The first-order chi connectivity index (χ1) is 16.2. The van der Waals surface area contributed by atoms with Gasteiger partial charge in [-0.2, -0.15) is 0 Å². The number of nitrogens with one attached hydrogen (secondary N) is 1. The fraction of sp³-hybridized carbons (Fsp3) is 0.208. The molecular formula is C24H18N6O2S. The van der Waals surface area contributed by atoms with Crippen LogP contribution in [0.4, 0.5) is 0 Å². The molecule has 1 atom stereocenters. The van der Waals surface area contributed by atoms with Crippen LogP contribution in [0.5, 0.6) is 0 Å². The summed E-state index contributed by atoms with van der Waals surface area (Å²) < 4.78 is 6.97. The molecule has 0 radical (unpaired) electrons. The van der Waals surface area contributed by atoms with Crippen molar-refractivity contribution in [1.82, 2.24) is 29.8 Å². The number of H-pyrrole nitrogens is 1. The highest BCUT2D eigenvalue weighted by atomic mass is 32.1. The molecule has 1 amide bonds. The predicted molar refractivity (Wildman–Crippen MR) is 122 cm³/mol. The Balaban J connectivity index is 1.33. The molecule has 7 rings (SSSR count). The van der Waals surface area contributed by atoms with Gasteiger partial charge in [-0.1, -0.05) is 18.2 Å². The van der Waals surface area contributed by atoms with E-state index in [2.05, 4.69) is 26.0 Å². The highest BCUT2D eigenvalue weighted by molar-refractivity contribution is 7.18. The lowest BCUT2D eigenvalue weighted by Crippen LogP contribution is -2.45. The highest BCUT2D eigenvalue weighted by Gasteiger charge is 2.55. The molecule has 33 heavy (non-hydrogen) atoms. The Morgan fingerprint density at radius 1 is 1.12 bits per heavy atom. The van der Waals surface area contributed by atoms with Crippen LogP contribution in [-0.2, 0) is 5.41 Å². The van der Waals surface area contributed by atoms with Gasteiger partial charge < -0.3 is 14.3 Å². The van der Waals surface area contributed by atoms with Crippen LogP contribution in [-0.4, -0.2) is 42.3 Å². The molecule has 1 aliphatic carbocycles. The Morgan fingerprint density at radius 3 is 2.82 bits per heavy atom. The summed E-state index contributed by atoms with van der Waals surface area (Å²) in [5.74, 6) is 0.317. The minimum atomic E-state index is -0.359. The highest BCUT2D eigenvalue weighted by Crippen LogP contribution is 2.55. The van der Waals surface area contributed by atoms with Gasteiger partial charge in [0.25, 0.3) is 5.91 Å². The van der Waals surface area contributed by atoms with Crippen LogP contribution in [0.2, 0.25) is 0 Å². The number of amides is 1. The second-order valence-electron chi connectivity index (χ2n) is 8.55. The number of fused-ring (bicyclic) bond motifs is 3. The maximum atomic E-state index is 13.8. The van der Waals surface area contributed by atoms with E-state index in [0.717, 1.165) is 39.5 Å². The molecule has 1 saturated carbocycles. The van der Waals surface area contributed by atoms with Crippen molar-refractivity contribution in [2.45, 2.75) is 24.3 Å². The van der Waals surface area contributed by atoms with Crippen molar-refractivity contribution >= 4 is 27.5 Å². The molecular weight excluding hydrogens is 436 g/mol. The van der Waals surface area contributed by atoms with Crippen LogP contribution in [0.1, 0.15) is 45.8 Å². The lowest BCUT2D eigenvalue weighted by Gasteiger charge is -2.37. The summed E-state index contributed by atoms with van der Waals surface area (Å²) in [5, 5.41) is 0.856. The molecule has 8 nitrogen and oxygen atoms in total. The quantitative estimate of drug-likeness (QED) is 0.435. The molecule has 0 bridgehead atoms. The van der Waals surface area contributed by atoms with Crippen molar-refractivity contribution in [3.63, 3.8) is 0 Å². The van der Waals surface area contributed by atoms with Gasteiger partial charge in [-0.25, -0.2) is 15.0 Å². The average Bonchev–Trinajstić information content (AvgIpc) is 3.28. The molecule has 4 aromatic heterocycles. The van der Waals surface area contributed by atoms with E-state index in [1.807, 2.05) is 35.2 Å². The van der Waals surface area contributed by atoms with Crippen molar-refractivity contribution in [3.8, 4) is 11.6 Å². The lowest BCUT2D eigenvalue weighted by molar-refractivity contribution is 0.0627. The van der Waals surface area contributed by atoms with Crippen molar-refractivity contribution < 1.29 is 9.21 Å². The SMILES string of the molecule is O=C(c1cnc(-c2ccccn2)o1)N1CC2(CC2)c2nc[nH]c2[C@H]1c1nc2ccccc2s1. The third-order valence-corrected chi connectivity index (χ3v) is 7.58. The molecule has 1 fully saturated rings. The number of imidazole rings is 1. The summed E-state index contributed by atoms with van der Waals surface area (Å²) in [6.45, 7) is 0.573. The van der Waals surface area contributed by atoms with Crippen molar-refractivity contribution in [1.29, 1.82) is 0 Å². The summed E-state index contributed by atoms with van der Waals surface area (Å²) in [4.78, 5) is 37.1. The molecule has 9 heteroatoms. The zero-order valence-electron chi connectivity index (χ0n) is 17.4. The molecule has 0 saturated heterocycles. The number of oxazole rings is 1. The molecule has 2 aliphatic rings. The van der Waals surface area contributed by atoms with Crippen LogP contribution in [0.3, 0.4) is 0 Å². The van der Waals surface area contributed by atoms with Gasteiger partial charge in [0.15, 0.2) is 0 Å². The van der Waals surface area contributed by atoms with Crippen LogP contribution in [0, 0.1) is 0 Å². The normalized spacial score (nSPS) is 18.5. The average molecular weight is 455 g/mol. The molecule has 1 spiro atoms. The Morgan fingerprint density at radius 2 is 2.00 bits per heavy atom. The first-order valence-corrected chi connectivity index (χ1v) is 11.6. The Labute approximate surface area is 192 Å². The van der Waals surface area contributed by atoms with Crippen LogP contribution in [0.15, 0.2) is 65.6 Å². The smallest absolute Gasteiger partial charge is 0.292 e. The predicted octanol–water partition coefficient (Wildman–Crippen LogP) is 4.35. The lowest BCUT2D eigenvalue weighted by atomic mass is 9.90. The largest absolute Gasteiger partial charge is 0.429 e. The number of rotatable bonds is 3. The third-order valence-electron chi connectivity index (χ3n) is 6.49. The molecule has 1 aromatic carbocycles. The van der Waals surface area contributed by atoms with Gasteiger partial charge in [-0.15, -0.1) is 11.3 Å². The van der Waals surface area contributed by atoms with E-state index < -0.39 is 0 Å². The minimum absolute atomic E-state index is 0.0952. The van der Waals surface area contributed by atoms with Crippen LogP contribution >= 0.6 is 11.3 Å². The van der Waals surface area contributed by atoms with Crippen molar-refractivity contribution in [2.24, 2.45) is 0 Å². The topological polar surface area (TPSA) is 101 Å². The maximum Gasteiger partial charge on any atom is 0.292 e. The van der Waals surface area contributed by atoms with Crippen LogP contribution < -0.4 is 0 Å². The summed E-state index contributed by atoms with van der Waals surface area (Å²) in [6, 6.07) is 13.2. The first kappa shape index (κ1) is 18.7. The molecule has 1 N–H and O–H groups in total. The van der Waals surface area contributed by atoms with E-state index >= 15 is 0 Å².